The molecule has 0 saturated carbocycles. The highest BCUT2D eigenvalue weighted by Crippen LogP contribution is 2.23. The monoisotopic (exact) mass is 261 g/mol. The maximum atomic E-state index is 11.3. The third kappa shape index (κ3) is 2.39. The molecule has 8 nitrogen and oxygen atoms in total. The van der Waals surface area contributed by atoms with Gasteiger partial charge in [-0.15, -0.1) is 0 Å². The van der Waals surface area contributed by atoms with E-state index < -0.39 is 43.2 Å². The summed E-state index contributed by atoms with van der Waals surface area (Å²) < 4.78 is 5.09. The van der Waals surface area contributed by atoms with Crippen LogP contribution in [0, 0.1) is 0 Å². The molecule has 4 N–H and O–H groups in total. The van der Waals surface area contributed by atoms with E-state index in [0.29, 0.717) is 0 Å². The quantitative estimate of drug-likeness (QED) is 0.430. The molecular weight excluding hydrogens is 246 g/mol. The smallest absolute Gasteiger partial charge is 0.270 e. The highest BCUT2D eigenvalue weighted by Gasteiger charge is 2.45. The molecule has 0 aromatic rings. The largest absolute Gasteiger partial charge is 0.394 e. The Labute approximate surface area is 103 Å². The first-order chi connectivity index (χ1) is 8.54. The van der Waals surface area contributed by atoms with Crippen molar-refractivity contribution in [3.05, 3.63) is 12.2 Å². The van der Waals surface area contributed by atoms with Gasteiger partial charge in [-0.1, -0.05) is 6.08 Å². The average Bonchev–Trinajstić information content (AvgIpc) is 2.76. The van der Waals surface area contributed by atoms with Crippen molar-refractivity contribution < 1.29 is 34.8 Å². The third-order valence-corrected chi connectivity index (χ3v) is 2.86. The Bertz CT molecular complexity index is 345. The number of hydrogen-bond acceptors (Lipinski definition) is 7. The lowest BCUT2D eigenvalue weighted by Crippen LogP contribution is -2.60. The van der Waals surface area contributed by atoms with Crippen LogP contribution in [0.2, 0.25) is 0 Å². The zero-order valence-electron chi connectivity index (χ0n) is 9.42. The number of nitrogens with zero attached hydrogens (tertiary/aromatic N) is 1. The molecule has 8 heteroatoms. The van der Waals surface area contributed by atoms with Gasteiger partial charge in [0.25, 0.3) is 5.91 Å². The SMILES string of the molecule is O=C1C=CCN1OC1O[C@H](CO)[C@@H](O)[C@H](O)[C@H]1O. The highest BCUT2D eigenvalue weighted by atomic mass is 16.8. The van der Waals surface area contributed by atoms with E-state index in [4.69, 9.17) is 14.7 Å². The van der Waals surface area contributed by atoms with E-state index in [1.54, 1.807) is 6.08 Å². The first kappa shape index (κ1) is 13.4. The Morgan fingerprint density at radius 1 is 1.33 bits per heavy atom. The molecule has 1 unspecified atom stereocenters. The van der Waals surface area contributed by atoms with Crippen LogP contribution in [-0.2, 0) is 14.4 Å². The van der Waals surface area contributed by atoms with Gasteiger partial charge in [0.05, 0.1) is 13.2 Å². The van der Waals surface area contributed by atoms with Crippen molar-refractivity contribution in [2.24, 2.45) is 0 Å². The first-order valence-electron chi connectivity index (χ1n) is 5.50. The number of carbonyl (C=O) groups is 1. The van der Waals surface area contributed by atoms with Crippen LogP contribution in [0.5, 0.6) is 0 Å². The highest BCUT2D eigenvalue weighted by molar-refractivity contribution is 5.89. The molecular formula is C10H15NO7. The molecule has 2 aliphatic heterocycles. The normalized spacial score (nSPS) is 40.6. The van der Waals surface area contributed by atoms with Crippen molar-refractivity contribution in [1.82, 2.24) is 5.06 Å². The Kier molecular flexibility index (Phi) is 3.95. The Morgan fingerprint density at radius 3 is 2.61 bits per heavy atom. The summed E-state index contributed by atoms with van der Waals surface area (Å²) in [6, 6.07) is 0. The molecule has 18 heavy (non-hydrogen) atoms. The molecule has 2 rings (SSSR count). The molecule has 5 atom stereocenters. The van der Waals surface area contributed by atoms with Gasteiger partial charge >= 0.3 is 0 Å². The predicted molar refractivity (Wildman–Crippen MR) is 55.7 cm³/mol. The zero-order chi connectivity index (χ0) is 13.3. The van der Waals surface area contributed by atoms with Gasteiger partial charge in [0.2, 0.25) is 6.29 Å². The summed E-state index contributed by atoms with van der Waals surface area (Å²) in [4.78, 5) is 16.4. The lowest BCUT2D eigenvalue weighted by atomic mass is 9.99. The summed E-state index contributed by atoms with van der Waals surface area (Å²) in [7, 11) is 0. The molecule has 1 amide bonds. The lowest BCUT2D eigenvalue weighted by molar-refractivity contribution is -0.349. The van der Waals surface area contributed by atoms with E-state index in [0.717, 1.165) is 5.06 Å². The standard InChI is InChI=1S/C10H15NO7/c12-4-5-7(14)8(15)9(16)10(17-5)18-11-3-1-2-6(11)13/h1-2,5,7-10,12,14-16H,3-4H2/t5-,7-,8+,9-,10?/m1/s1. The molecule has 2 heterocycles. The molecule has 1 saturated heterocycles. The van der Waals surface area contributed by atoms with Crippen molar-refractivity contribution in [2.75, 3.05) is 13.2 Å². The minimum absolute atomic E-state index is 0.202. The van der Waals surface area contributed by atoms with Crippen molar-refractivity contribution in [2.45, 2.75) is 30.7 Å². The zero-order valence-corrected chi connectivity index (χ0v) is 9.42. The average molecular weight is 261 g/mol. The third-order valence-electron chi connectivity index (χ3n) is 2.86. The van der Waals surface area contributed by atoms with Crippen LogP contribution in [0.1, 0.15) is 0 Å². The van der Waals surface area contributed by atoms with Gasteiger partial charge in [0, 0.05) is 6.08 Å². The van der Waals surface area contributed by atoms with Gasteiger partial charge in [-0.2, -0.15) is 0 Å². The van der Waals surface area contributed by atoms with Crippen molar-refractivity contribution >= 4 is 5.91 Å². The van der Waals surface area contributed by atoms with Crippen LogP contribution in [0.3, 0.4) is 0 Å². The van der Waals surface area contributed by atoms with E-state index in [2.05, 4.69) is 0 Å². The molecule has 0 aromatic carbocycles. The van der Waals surface area contributed by atoms with E-state index in [1.807, 2.05) is 0 Å². The van der Waals surface area contributed by atoms with E-state index >= 15 is 0 Å². The summed E-state index contributed by atoms with van der Waals surface area (Å²) in [5.41, 5.74) is 0. The second-order valence-corrected chi connectivity index (χ2v) is 4.10. The summed E-state index contributed by atoms with van der Waals surface area (Å²) in [5.74, 6) is -0.410. The molecule has 102 valence electrons. The maximum Gasteiger partial charge on any atom is 0.270 e. The maximum absolute atomic E-state index is 11.3. The van der Waals surface area contributed by atoms with E-state index in [1.165, 1.54) is 6.08 Å². The molecule has 0 aliphatic carbocycles. The first-order valence-corrected chi connectivity index (χ1v) is 5.50. The number of aliphatic hydroxyl groups is 4. The molecule has 0 aromatic heterocycles. The fourth-order valence-corrected chi connectivity index (χ4v) is 1.80. The molecule has 0 radical (unpaired) electrons. The van der Waals surface area contributed by atoms with Gasteiger partial charge in [-0.05, 0) is 0 Å². The van der Waals surface area contributed by atoms with Crippen LogP contribution in [0.25, 0.3) is 0 Å². The fourth-order valence-electron chi connectivity index (χ4n) is 1.80. The summed E-state index contributed by atoms with van der Waals surface area (Å²) in [6.07, 6.45) is -4.01. The van der Waals surface area contributed by atoms with Crippen LogP contribution >= 0.6 is 0 Å². The molecule has 2 aliphatic rings. The number of ether oxygens (including phenoxy) is 1. The molecule has 0 bridgehead atoms. The van der Waals surface area contributed by atoms with Crippen molar-refractivity contribution in [3.8, 4) is 0 Å². The number of carbonyl (C=O) groups excluding carboxylic acids is 1. The van der Waals surface area contributed by atoms with E-state index in [9.17, 15) is 20.1 Å². The van der Waals surface area contributed by atoms with E-state index in [-0.39, 0.29) is 6.54 Å². The van der Waals surface area contributed by atoms with Crippen LogP contribution < -0.4 is 0 Å². The van der Waals surface area contributed by atoms with Gasteiger partial charge in [0.15, 0.2) is 0 Å². The van der Waals surface area contributed by atoms with Gasteiger partial charge in [-0.25, -0.2) is 9.90 Å². The second kappa shape index (κ2) is 5.31. The van der Waals surface area contributed by atoms with Crippen molar-refractivity contribution in [1.29, 1.82) is 0 Å². The number of rotatable bonds is 3. The Balaban J connectivity index is 2.01. The van der Waals surface area contributed by atoms with Crippen molar-refractivity contribution in [3.63, 3.8) is 0 Å². The van der Waals surface area contributed by atoms with Gasteiger partial charge in [-0.3, -0.25) is 4.79 Å². The Hall–Kier alpha value is -1.03. The predicted octanol–water partition coefficient (Wildman–Crippen LogP) is -2.88. The molecule has 0 spiro atoms. The fraction of sp³-hybridized carbons (Fsp3) is 0.700. The number of aliphatic hydroxyl groups excluding tert-OH is 4. The second-order valence-electron chi connectivity index (χ2n) is 4.10. The number of hydrogen-bond donors (Lipinski definition) is 4. The van der Waals surface area contributed by atoms with Crippen LogP contribution in [0.4, 0.5) is 0 Å². The Morgan fingerprint density at radius 2 is 2.06 bits per heavy atom. The summed E-state index contributed by atoms with van der Waals surface area (Å²) in [6.45, 7) is -0.342. The van der Waals surface area contributed by atoms with Gasteiger partial charge in [0.1, 0.15) is 24.4 Å². The molecule has 1 fully saturated rings. The number of hydroxylamine groups is 2. The van der Waals surface area contributed by atoms with Crippen LogP contribution in [0.15, 0.2) is 12.2 Å². The van der Waals surface area contributed by atoms with Gasteiger partial charge < -0.3 is 25.2 Å². The number of amides is 1. The summed E-state index contributed by atoms with van der Waals surface area (Å²) in [5, 5.41) is 38.7. The topological polar surface area (TPSA) is 120 Å². The minimum atomic E-state index is -1.52. The summed E-state index contributed by atoms with van der Waals surface area (Å²) >= 11 is 0. The minimum Gasteiger partial charge on any atom is -0.394 e. The lowest BCUT2D eigenvalue weighted by Gasteiger charge is -2.40. The van der Waals surface area contributed by atoms with Crippen LogP contribution in [-0.4, -0.2) is 75.3 Å².